The van der Waals surface area contributed by atoms with Crippen molar-refractivity contribution in [2.45, 2.75) is 32.4 Å². The van der Waals surface area contributed by atoms with Gasteiger partial charge in [-0.1, -0.05) is 18.2 Å². The number of aromatic nitrogens is 5. The molecule has 0 bridgehead atoms. The summed E-state index contributed by atoms with van der Waals surface area (Å²) in [5, 5.41) is 12.7. The normalized spacial score (nSPS) is 19.8. The van der Waals surface area contributed by atoms with E-state index in [1.54, 1.807) is 12.7 Å². The number of benzene rings is 1. The highest BCUT2D eigenvalue weighted by Crippen LogP contribution is 2.28. The molecule has 0 aliphatic carbocycles. The Balaban J connectivity index is 1.43. The lowest BCUT2D eigenvalue weighted by Crippen LogP contribution is -2.38. The molecule has 130 valence electrons. The standard InChI is InChI=1S/C18H22N6O/c1-14(17-21-22-18(25-17)16-7-3-2-4-8-16)23-9-5-6-15(10-23)11-24-13-19-12-20-24/h2-4,7-8,12-15H,5-6,9-11H2,1H3/t14-,15+/m0/s1. The van der Waals surface area contributed by atoms with Crippen LogP contribution in [0.3, 0.4) is 0 Å². The highest BCUT2D eigenvalue weighted by molar-refractivity contribution is 5.51. The minimum atomic E-state index is 0.114. The van der Waals surface area contributed by atoms with E-state index in [9.17, 15) is 0 Å². The van der Waals surface area contributed by atoms with Gasteiger partial charge < -0.3 is 4.42 Å². The van der Waals surface area contributed by atoms with E-state index in [4.69, 9.17) is 4.42 Å². The van der Waals surface area contributed by atoms with Gasteiger partial charge in [-0.05, 0) is 44.4 Å². The lowest BCUT2D eigenvalue weighted by molar-refractivity contribution is 0.107. The quantitative estimate of drug-likeness (QED) is 0.712. The molecule has 7 nitrogen and oxygen atoms in total. The van der Waals surface area contributed by atoms with Crippen molar-refractivity contribution in [2.75, 3.05) is 13.1 Å². The average molecular weight is 338 g/mol. The molecule has 25 heavy (non-hydrogen) atoms. The van der Waals surface area contributed by atoms with Gasteiger partial charge in [0.1, 0.15) is 12.7 Å². The predicted molar refractivity (Wildman–Crippen MR) is 92.5 cm³/mol. The molecule has 0 unspecified atom stereocenters. The Morgan fingerprint density at radius 1 is 1.24 bits per heavy atom. The molecule has 4 rings (SSSR count). The fraction of sp³-hybridized carbons (Fsp3) is 0.444. The summed E-state index contributed by atoms with van der Waals surface area (Å²) in [5.74, 6) is 1.83. The van der Waals surface area contributed by atoms with Crippen LogP contribution in [0.2, 0.25) is 0 Å². The van der Waals surface area contributed by atoms with Crippen molar-refractivity contribution < 1.29 is 4.42 Å². The fourth-order valence-electron chi connectivity index (χ4n) is 3.45. The van der Waals surface area contributed by atoms with Crippen molar-refractivity contribution in [1.82, 2.24) is 29.9 Å². The highest BCUT2D eigenvalue weighted by Gasteiger charge is 2.27. The Morgan fingerprint density at radius 2 is 2.12 bits per heavy atom. The lowest BCUT2D eigenvalue weighted by Gasteiger charge is -2.35. The zero-order chi connectivity index (χ0) is 17.1. The molecule has 1 aromatic carbocycles. The molecule has 0 spiro atoms. The van der Waals surface area contributed by atoms with Gasteiger partial charge in [0.25, 0.3) is 0 Å². The van der Waals surface area contributed by atoms with E-state index in [2.05, 4.69) is 32.1 Å². The molecule has 1 aliphatic heterocycles. The molecule has 3 aromatic rings. The van der Waals surface area contributed by atoms with E-state index >= 15 is 0 Å². The largest absolute Gasteiger partial charge is 0.419 e. The number of piperidine rings is 1. The smallest absolute Gasteiger partial charge is 0.247 e. The van der Waals surface area contributed by atoms with Gasteiger partial charge in [-0.15, -0.1) is 10.2 Å². The van der Waals surface area contributed by atoms with E-state index in [1.165, 1.54) is 12.8 Å². The minimum Gasteiger partial charge on any atom is -0.419 e. The van der Waals surface area contributed by atoms with Crippen LogP contribution in [0.25, 0.3) is 11.5 Å². The van der Waals surface area contributed by atoms with Gasteiger partial charge in [0, 0.05) is 18.7 Å². The summed E-state index contributed by atoms with van der Waals surface area (Å²) in [4.78, 5) is 6.45. The summed E-state index contributed by atoms with van der Waals surface area (Å²) in [6.07, 6.45) is 5.75. The molecule has 0 amide bonds. The first kappa shape index (κ1) is 16.0. The van der Waals surface area contributed by atoms with Gasteiger partial charge in [0.05, 0.1) is 6.04 Å². The van der Waals surface area contributed by atoms with Crippen LogP contribution in [0.4, 0.5) is 0 Å². The summed E-state index contributed by atoms with van der Waals surface area (Å²) in [7, 11) is 0. The van der Waals surface area contributed by atoms with Crippen LogP contribution >= 0.6 is 0 Å². The molecule has 0 radical (unpaired) electrons. The van der Waals surface area contributed by atoms with Crippen LogP contribution in [0.5, 0.6) is 0 Å². The van der Waals surface area contributed by atoms with Crippen LogP contribution in [-0.2, 0) is 6.54 Å². The van der Waals surface area contributed by atoms with Crippen LogP contribution < -0.4 is 0 Å². The third-order valence-corrected chi connectivity index (χ3v) is 4.83. The summed E-state index contributed by atoms with van der Waals surface area (Å²) in [6, 6.07) is 10.0. The van der Waals surface area contributed by atoms with Crippen LogP contribution in [0.15, 0.2) is 47.4 Å². The number of nitrogens with zero attached hydrogens (tertiary/aromatic N) is 6. The number of likely N-dealkylation sites (tertiary alicyclic amines) is 1. The second kappa shape index (κ2) is 7.14. The van der Waals surface area contributed by atoms with Gasteiger partial charge in [0.2, 0.25) is 11.8 Å². The molecule has 1 aliphatic rings. The van der Waals surface area contributed by atoms with Gasteiger partial charge in [-0.3, -0.25) is 9.58 Å². The van der Waals surface area contributed by atoms with Gasteiger partial charge in [-0.2, -0.15) is 5.10 Å². The second-order valence-electron chi connectivity index (χ2n) is 6.61. The number of hydrogen-bond donors (Lipinski definition) is 0. The zero-order valence-corrected chi connectivity index (χ0v) is 14.3. The van der Waals surface area contributed by atoms with Crippen molar-refractivity contribution in [1.29, 1.82) is 0 Å². The first-order chi connectivity index (χ1) is 12.3. The van der Waals surface area contributed by atoms with Crippen LogP contribution in [-0.4, -0.2) is 43.0 Å². The lowest BCUT2D eigenvalue weighted by atomic mass is 9.97. The molecule has 1 saturated heterocycles. The summed E-state index contributed by atoms with van der Waals surface area (Å²) in [6.45, 7) is 5.10. The molecule has 1 fully saturated rings. The van der Waals surface area contributed by atoms with E-state index in [0.717, 1.165) is 25.2 Å². The Hall–Kier alpha value is -2.54. The maximum Gasteiger partial charge on any atom is 0.247 e. The number of hydrogen-bond acceptors (Lipinski definition) is 6. The monoisotopic (exact) mass is 338 g/mol. The van der Waals surface area contributed by atoms with Crippen LogP contribution in [0, 0.1) is 5.92 Å². The van der Waals surface area contributed by atoms with Gasteiger partial charge in [-0.25, -0.2) is 4.98 Å². The molecule has 0 N–H and O–H groups in total. The van der Waals surface area contributed by atoms with Crippen molar-refractivity contribution in [2.24, 2.45) is 5.92 Å². The third-order valence-electron chi connectivity index (χ3n) is 4.83. The van der Waals surface area contributed by atoms with Crippen molar-refractivity contribution in [3.05, 3.63) is 48.9 Å². The summed E-state index contributed by atoms with van der Waals surface area (Å²) >= 11 is 0. The molecule has 0 saturated carbocycles. The highest BCUT2D eigenvalue weighted by atomic mass is 16.4. The maximum atomic E-state index is 5.93. The van der Waals surface area contributed by atoms with Gasteiger partial charge in [0.15, 0.2) is 0 Å². The fourth-order valence-corrected chi connectivity index (χ4v) is 3.45. The minimum absolute atomic E-state index is 0.114. The van der Waals surface area contributed by atoms with Crippen molar-refractivity contribution in [3.8, 4) is 11.5 Å². The Morgan fingerprint density at radius 3 is 2.92 bits per heavy atom. The van der Waals surface area contributed by atoms with E-state index in [1.807, 2.05) is 35.0 Å². The molecular weight excluding hydrogens is 316 g/mol. The Labute approximate surface area is 146 Å². The SMILES string of the molecule is C[C@@H](c1nnc(-c2ccccc2)o1)N1CCC[C@@H](Cn2cncn2)C1. The number of rotatable bonds is 5. The van der Waals surface area contributed by atoms with E-state index < -0.39 is 0 Å². The first-order valence-electron chi connectivity index (χ1n) is 8.75. The van der Waals surface area contributed by atoms with E-state index in [-0.39, 0.29) is 6.04 Å². The Kier molecular flexibility index (Phi) is 4.56. The Bertz CT molecular complexity index is 785. The summed E-state index contributed by atoms with van der Waals surface area (Å²) in [5.41, 5.74) is 0.955. The maximum absolute atomic E-state index is 5.93. The predicted octanol–water partition coefficient (Wildman–Crippen LogP) is 2.80. The van der Waals surface area contributed by atoms with Gasteiger partial charge >= 0.3 is 0 Å². The average Bonchev–Trinajstić information content (AvgIpc) is 3.34. The van der Waals surface area contributed by atoms with Crippen LogP contribution in [0.1, 0.15) is 31.7 Å². The molecule has 2 aromatic heterocycles. The molecular formula is C18H22N6O. The first-order valence-corrected chi connectivity index (χ1v) is 8.75. The van der Waals surface area contributed by atoms with Crippen molar-refractivity contribution >= 4 is 0 Å². The second-order valence-corrected chi connectivity index (χ2v) is 6.61. The summed E-state index contributed by atoms with van der Waals surface area (Å²) < 4.78 is 7.85. The molecule has 3 heterocycles. The third kappa shape index (κ3) is 3.61. The molecule has 7 heteroatoms. The van der Waals surface area contributed by atoms with E-state index in [0.29, 0.717) is 17.7 Å². The zero-order valence-electron chi connectivity index (χ0n) is 14.3. The molecule has 2 atom stereocenters. The van der Waals surface area contributed by atoms with Crippen molar-refractivity contribution in [3.63, 3.8) is 0 Å². The topological polar surface area (TPSA) is 72.9 Å².